The van der Waals surface area contributed by atoms with Gasteiger partial charge in [-0.2, -0.15) is 0 Å². The first-order chi connectivity index (χ1) is 8.11. The smallest absolute Gasteiger partial charge is 0.302 e. The highest BCUT2D eigenvalue weighted by Crippen LogP contribution is 2.13. The van der Waals surface area contributed by atoms with Crippen molar-refractivity contribution in [3.8, 4) is 0 Å². The van der Waals surface area contributed by atoms with Gasteiger partial charge in [0.2, 0.25) is 0 Å². The standard InChI is InChI=1S/C15H20O2/c1-4-6-15(11-17-13(3)16)10-14-8-5-7-12(2)9-14/h5,7-10H,4,6,11H2,1-3H3/b15-10+. The van der Waals surface area contributed by atoms with Gasteiger partial charge < -0.3 is 4.74 Å². The number of hydrogen-bond donors (Lipinski definition) is 0. The summed E-state index contributed by atoms with van der Waals surface area (Å²) in [5, 5.41) is 0. The molecule has 17 heavy (non-hydrogen) atoms. The molecule has 1 rings (SSSR count). The van der Waals surface area contributed by atoms with Gasteiger partial charge in [-0.25, -0.2) is 0 Å². The SMILES string of the molecule is CCC/C(=C\c1cccc(C)c1)COC(C)=O. The van der Waals surface area contributed by atoms with Crippen LogP contribution < -0.4 is 0 Å². The molecule has 0 aromatic heterocycles. The molecule has 0 amide bonds. The second-order valence-electron chi connectivity index (χ2n) is 4.25. The molecular formula is C15H20O2. The Morgan fingerprint density at radius 3 is 2.76 bits per heavy atom. The number of benzene rings is 1. The molecule has 0 aliphatic rings. The van der Waals surface area contributed by atoms with Gasteiger partial charge in [-0.15, -0.1) is 0 Å². The van der Waals surface area contributed by atoms with Crippen molar-refractivity contribution in [2.45, 2.75) is 33.6 Å². The van der Waals surface area contributed by atoms with Crippen LogP contribution in [-0.2, 0) is 9.53 Å². The van der Waals surface area contributed by atoms with Crippen molar-refractivity contribution in [2.24, 2.45) is 0 Å². The second kappa shape index (κ2) is 6.89. The molecule has 0 fully saturated rings. The van der Waals surface area contributed by atoms with Crippen LogP contribution in [0.1, 0.15) is 37.8 Å². The fraction of sp³-hybridized carbons (Fsp3) is 0.400. The molecule has 0 N–H and O–H groups in total. The van der Waals surface area contributed by atoms with E-state index < -0.39 is 0 Å². The van der Waals surface area contributed by atoms with Crippen molar-refractivity contribution >= 4 is 12.0 Å². The van der Waals surface area contributed by atoms with Gasteiger partial charge in [0, 0.05) is 6.92 Å². The third-order valence-electron chi connectivity index (χ3n) is 2.44. The Hall–Kier alpha value is -1.57. The van der Waals surface area contributed by atoms with Gasteiger partial charge in [0.15, 0.2) is 0 Å². The van der Waals surface area contributed by atoms with Gasteiger partial charge in [-0.3, -0.25) is 4.79 Å². The summed E-state index contributed by atoms with van der Waals surface area (Å²) in [5.41, 5.74) is 3.57. The van der Waals surface area contributed by atoms with Gasteiger partial charge in [0.25, 0.3) is 0 Å². The zero-order valence-corrected chi connectivity index (χ0v) is 10.8. The second-order valence-corrected chi connectivity index (χ2v) is 4.25. The van der Waals surface area contributed by atoms with Crippen LogP contribution in [-0.4, -0.2) is 12.6 Å². The van der Waals surface area contributed by atoms with E-state index >= 15 is 0 Å². The van der Waals surface area contributed by atoms with Crippen molar-refractivity contribution in [3.05, 3.63) is 41.0 Å². The van der Waals surface area contributed by atoms with E-state index in [4.69, 9.17) is 4.74 Å². The molecule has 0 aliphatic carbocycles. The zero-order valence-electron chi connectivity index (χ0n) is 10.8. The predicted molar refractivity (Wildman–Crippen MR) is 70.7 cm³/mol. The Kier molecular flexibility index (Phi) is 5.47. The Balaban J connectivity index is 2.78. The molecule has 0 aliphatic heterocycles. The number of carbonyl (C=O) groups excluding carboxylic acids is 1. The molecule has 1 aromatic rings. The van der Waals surface area contributed by atoms with E-state index in [0.717, 1.165) is 18.4 Å². The summed E-state index contributed by atoms with van der Waals surface area (Å²) < 4.78 is 5.05. The van der Waals surface area contributed by atoms with Gasteiger partial charge in [0.05, 0.1) is 0 Å². The number of aryl methyl sites for hydroxylation is 1. The lowest BCUT2D eigenvalue weighted by molar-refractivity contribution is -0.140. The maximum atomic E-state index is 10.8. The maximum Gasteiger partial charge on any atom is 0.302 e. The molecule has 0 saturated carbocycles. The molecule has 0 heterocycles. The highest BCUT2D eigenvalue weighted by atomic mass is 16.5. The van der Waals surface area contributed by atoms with Crippen LogP contribution in [0.2, 0.25) is 0 Å². The number of hydrogen-bond acceptors (Lipinski definition) is 2. The summed E-state index contributed by atoms with van der Waals surface area (Å²) in [6.07, 6.45) is 4.12. The quantitative estimate of drug-likeness (QED) is 0.723. The van der Waals surface area contributed by atoms with Gasteiger partial charge in [-0.05, 0) is 24.5 Å². The van der Waals surface area contributed by atoms with Crippen LogP contribution in [0, 0.1) is 6.92 Å². The molecule has 2 heteroatoms. The maximum absolute atomic E-state index is 10.8. The van der Waals surface area contributed by atoms with Crippen LogP contribution in [0.5, 0.6) is 0 Å². The predicted octanol–water partition coefficient (Wildman–Crippen LogP) is 3.74. The minimum absolute atomic E-state index is 0.226. The third kappa shape index (κ3) is 5.34. The summed E-state index contributed by atoms with van der Waals surface area (Å²) in [6, 6.07) is 8.30. The highest BCUT2D eigenvalue weighted by molar-refractivity contribution is 5.66. The van der Waals surface area contributed by atoms with Crippen molar-refractivity contribution in [3.63, 3.8) is 0 Å². The number of rotatable bonds is 5. The minimum atomic E-state index is -0.226. The van der Waals surface area contributed by atoms with E-state index in [-0.39, 0.29) is 5.97 Å². The summed E-state index contributed by atoms with van der Waals surface area (Å²) in [6.45, 7) is 6.04. The fourth-order valence-corrected chi connectivity index (χ4v) is 1.70. The van der Waals surface area contributed by atoms with Crippen LogP contribution >= 0.6 is 0 Å². The molecule has 92 valence electrons. The minimum Gasteiger partial charge on any atom is -0.461 e. The van der Waals surface area contributed by atoms with Crippen LogP contribution in [0.4, 0.5) is 0 Å². The summed E-state index contributed by atoms with van der Waals surface area (Å²) in [7, 11) is 0. The molecule has 0 spiro atoms. The Bertz CT molecular complexity index is 405. The molecular weight excluding hydrogens is 212 g/mol. The summed E-state index contributed by atoms with van der Waals surface area (Å²) in [4.78, 5) is 10.8. The Labute approximate surface area is 103 Å². The first kappa shape index (κ1) is 13.5. The zero-order chi connectivity index (χ0) is 12.7. The number of esters is 1. The monoisotopic (exact) mass is 232 g/mol. The van der Waals surface area contributed by atoms with E-state index in [1.807, 2.05) is 6.07 Å². The average Bonchev–Trinajstić information content (AvgIpc) is 2.26. The van der Waals surface area contributed by atoms with Gasteiger partial charge >= 0.3 is 5.97 Å². The van der Waals surface area contributed by atoms with Crippen molar-refractivity contribution in [1.82, 2.24) is 0 Å². The molecule has 0 saturated heterocycles. The van der Waals surface area contributed by atoms with E-state index in [0.29, 0.717) is 6.61 Å². The van der Waals surface area contributed by atoms with Crippen LogP contribution in [0.25, 0.3) is 6.08 Å². The van der Waals surface area contributed by atoms with Crippen molar-refractivity contribution in [1.29, 1.82) is 0 Å². The number of ether oxygens (including phenoxy) is 1. The average molecular weight is 232 g/mol. The van der Waals surface area contributed by atoms with Gasteiger partial charge in [0.1, 0.15) is 6.61 Å². The summed E-state index contributed by atoms with van der Waals surface area (Å²) >= 11 is 0. The topological polar surface area (TPSA) is 26.3 Å². The Morgan fingerprint density at radius 2 is 2.18 bits per heavy atom. The van der Waals surface area contributed by atoms with E-state index in [1.54, 1.807) is 0 Å². The number of carbonyl (C=O) groups is 1. The van der Waals surface area contributed by atoms with Crippen molar-refractivity contribution < 1.29 is 9.53 Å². The molecule has 0 unspecified atom stereocenters. The Morgan fingerprint density at radius 1 is 1.41 bits per heavy atom. The molecule has 2 nitrogen and oxygen atoms in total. The summed E-state index contributed by atoms with van der Waals surface area (Å²) in [5.74, 6) is -0.226. The fourth-order valence-electron chi connectivity index (χ4n) is 1.70. The molecule has 0 atom stereocenters. The van der Waals surface area contributed by atoms with Crippen LogP contribution in [0.15, 0.2) is 29.8 Å². The van der Waals surface area contributed by atoms with E-state index in [1.165, 1.54) is 18.1 Å². The first-order valence-corrected chi connectivity index (χ1v) is 6.01. The van der Waals surface area contributed by atoms with E-state index in [2.05, 4.69) is 38.1 Å². The third-order valence-corrected chi connectivity index (χ3v) is 2.44. The van der Waals surface area contributed by atoms with E-state index in [9.17, 15) is 4.79 Å². The highest BCUT2D eigenvalue weighted by Gasteiger charge is 2.00. The van der Waals surface area contributed by atoms with Crippen LogP contribution in [0.3, 0.4) is 0 Å². The first-order valence-electron chi connectivity index (χ1n) is 6.01. The molecule has 0 bridgehead atoms. The largest absolute Gasteiger partial charge is 0.461 e. The lowest BCUT2D eigenvalue weighted by Crippen LogP contribution is -2.03. The molecule has 0 radical (unpaired) electrons. The van der Waals surface area contributed by atoms with Gasteiger partial charge in [-0.1, -0.05) is 49.2 Å². The normalized spacial score (nSPS) is 11.4. The lowest BCUT2D eigenvalue weighted by atomic mass is 10.1. The molecule has 1 aromatic carbocycles. The van der Waals surface area contributed by atoms with Crippen molar-refractivity contribution in [2.75, 3.05) is 6.61 Å². The lowest BCUT2D eigenvalue weighted by Gasteiger charge is -2.07.